The molecule has 0 aliphatic rings. The number of anilines is 2. The number of carbonyl (C=O) groups is 1. The number of urea groups is 1. The van der Waals surface area contributed by atoms with E-state index in [-0.39, 0.29) is 17.6 Å². The minimum Gasteiger partial charge on any atom is -0.394 e. The molecule has 2 amide bonds. The molecule has 3 aromatic rings. The van der Waals surface area contributed by atoms with E-state index in [2.05, 4.69) is 37.6 Å². The van der Waals surface area contributed by atoms with Crippen LogP contribution in [0.3, 0.4) is 0 Å². The maximum absolute atomic E-state index is 13.4. The molecule has 0 bridgehead atoms. The molecule has 3 rings (SSSR count). The molecule has 0 spiro atoms. The first kappa shape index (κ1) is 26.9. The fourth-order valence-corrected chi connectivity index (χ4v) is 3.53. The summed E-state index contributed by atoms with van der Waals surface area (Å²) < 4.78 is 14.8. The first-order valence-corrected chi connectivity index (χ1v) is 11.6. The van der Waals surface area contributed by atoms with Crippen LogP contribution in [0.2, 0.25) is 10.0 Å². The van der Waals surface area contributed by atoms with Crippen molar-refractivity contribution in [3.05, 3.63) is 89.1 Å². The van der Waals surface area contributed by atoms with Crippen molar-refractivity contribution in [3.8, 4) is 0 Å². The van der Waals surface area contributed by atoms with E-state index >= 15 is 0 Å². The molecule has 0 aliphatic heterocycles. The molecule has 1 aromatic heterocycles. The van der Waals surface area contributed by atoms with Gasteiger partial charge in [-0.2, -0.15) is 10.1 Å². The summed E-state index contributed by atoms with van der Waals surface area (Å²) in [5, 5.41) is 22.9. The number of guanidine groups is 1. The zero-order valence-electron chi connectivity index (χ0n) is 19.3. The number of aromatic nitrogens is 2. The van der Waals surface area contributed by atoms with E-state index in [0.717, 1.165) is 0 Å². The summed E-state index contributed by atoms with van der Waals surface area (Å²) in [6.45, 7) is 5.15. The Bertz CT molecular complexity index is 1290. The van der Waals surface area contributed by atoms with Gasteiger partial charge >= 0.3 is 6.03 Å². The highest BCUT2D eigenvalue weighted by Gasteiger charge is 2.15. The lowest BCUT2D eigenvalue weighted by atomic mass is 10.1. The van der Waals surface area contributed by atoms with Crippen molar-refractivity contribution in [1.82, 2.24) is 15.1 Å². The number of hydrogen-bond acceptors (Lipinski definition) is 4. The van der Waals surface area contributed by atoms with Crippen molar-refractivity contribution in [2.24, 2.45) is 9.98 Å². The Balaban J connectivity index is 1.72. The first-order chi connectivity index (χ1) is 17.3. The van der Waals surface area contributed by atoms with Gasteiger partial charge in [0.05, 0.1) is 41.4 Å². The van der Waals surface area contributed by atoms with Crippen LogP contribution >= 0.6 is 23.2 Å². The molecule has 1 heterocycles. The van der Waals surface area contributed by atoms with Gasteiger partial charge in [0.15, 0.2) is 0 Å². The van der Waals surface area contributed by atoms with Crippen LogP contribution in [0, 0.1) is 5.82 Å². The number of rotatable bonds is 7. The fraction of sp³-hybridized carbons (Fsp3) is 0.167. The molecule has 0 saturated carbocycles. The second kappa shape index (κ2) is 12.8. The summed E-state index contributed by atoms with van der Waals surface area (Å²) >= 11 is 12.1. The Labute approximate surface area is 217 Å². The van der Waals surface area contributed by atoms with Crippen LogP contribution < -0.4 is 16.0 Å². The van der Waals surface area contributed by atoms with Crippen molar-refractivity contribution in [2.75, 3.05) is 17.2 Å². The van der Waals surface area contributed by atoms with Gasteiger partial charge in [-0.25, -0.2) is 18.9 Å². The third-order valence-electron chi connectivity index (χ3n) is 4.79. The lowest BCUT2D eigenvalue weighted by molar-refractivity contribution is 0.225. The van der Waals surface area contributed by atoms with E-state index in [4.69, 9.17) is 23.2 Å². The quantitative estimate of drug-likeness (QED) is 0.239. The second-order valence-electron chi connectivity index (χ2n) is 7.33. The number of aliphatic hydroxyl groups excluding tert-OH is 1. The lowest BCUT2D eigenvalue weighted by Gasteiger charge is -2.17. The Kier molecular flexibility index (Phi) is 9.57. The average Bonchev–Trinajstić information content (AvgIpc) is 3.30. The maximum atomic E-state index is 13.4. The van der Waals surface area contributed by atoms with Crippen molar-refractivity contribution in [1.29, 1.82) is 0 Å². The number of halogens is 3. The van der Waals surface area contributed by atoms with Crippen LogP contribution in [0.1, 0.15) is 24.9 Å². The molecule has 0 unspecified atom stereocenters. The summed E-state index contributed by atoms with van der Waals surface area (Å²) in [5.41, 5.74) is 1.47. The standard InChI is InChI=1S/C24H24Cl2FN7O2/c1-3-22(33-23(28-4-2)31-20-9-8-17(27)11-19(20)26)34-13-18(12-29-34)30-24(36)32-21(14-35)15-6-5-7-16(25)10-15/h4-13,21,35H,2-3,14H2,1H3,(H,28,31)(H2,30,32,36)/b33-22+/t21-/m0/s1. The van der Waals surface area contributed by atoms with Gasteiger partial charge in [0.25, 0.3) is 0 Å². The largest absolute Gasteiger partial charge is 0.394 e. The zero-order valence-corrected chi connectivity index (χ0v) is 20.8. The van der Waals surface area contributed by atoms with Gasteiger partial charge in [0, 0.05) is 17.6 Å². The fourth-order valence-electron chi connectivity index (χ4n) is 3.11. The van der Waals surface area contributed by atoms with Gasteiger partial charge in [-0.05, 0) is 35.9 Å². The topological polar surface area (TPSA) is 116 Å². The summed E-state index contributed by atoms with van der Waals surface area (Å²) in [4.78, 5) is 21.1. The van der Waals surface area contributed by atoms with E-state index in [9.17, 15) is 14.3 Å². The van der Waals surface area contributed by atoms with Gasteiger partial charge in [-0.3, -0.25) is 0 Å². The second-order valence-corrected chi connectivity index (χ2v) is 8.17. The molecule has 36 heavy (non-hydrogen) atoms. The monoisotopic (exact) mass is 531 g/mol. The van der Waals surface area contributed by atoms with Crippen molar-refractivity contribution in [2.45, 2.75) is 19.4 Å². The summed E-state index contributed by atoms with van der Waals surface area (Å²) in [6.07, 6.45) is 4.79. The van der Waals surface area contributed by atoms with Crippen LogP contribution in [-0.2, 0) is 0 Å². The van der Waals surface area contributed by atoms with Crippen LogP contribution in [0.25, 0.3) is 0 Å². The molecule has 12 heteroatoms. The van der Waals surface area contributed by atoms with Crippen molar-refractivity contribution < 1.29 is 14.3 Å². The van der Waals surface area contributed by atoms with E-state index < -0.39 is 17.9 Å². The van der Waals surface area contributed by atoms with Gasteiger partial charge in [0.1, 0.15) is 11.7 Å². The molecule has 0 fully saturated rings. The number of carbonyl (C=O) groups excluding carboxylic acids is 1. The van der Waals surface area contributed by atoms with Crippen LogP contribution in [0.15, 0.2) is 77.6 Å². The van der Waals surface area contributed by atoms with Gasteiger partial charge in [0.2, 0.25) is 5.96 Å². The maximum Gasteiger partial charge on any atom is 0.319 e. The Morgan fingerprint density at radius 3 is 2.75 bits per heavy atom. The number of nitrogens with zero attached hydrogens (tertiary/aromatic N) is 4. The summed E-state index contributed by atoms with van der Waals surface area (Å²) in [6, 6.07) is 9.57. The Morgan fingerprint density at radius 1 is 1.28 bits per heavy atom. The predicted molar refractivity (Wildman–Crippen MR) is 141 cm³/mol. The zero-order chi connectivity index (χ0) is 26.1. The molecule has 1 atom stereocenters. The minimum atomic E-state index is -0.645. The van der Waals surface area contributed by atoms with E-state index in [1.165, 1.54) is 35.3 Å². The minimum absolute atomic E-state index is 0.158. The SMILES string of the molecule is C=C/N=C(\N=C(/CC)n1cc(NC(=O)N[C@@H](CO)c2cccc(Cl)c2)cn1)Nc1ccc(F)cc1Cl. The van der Waals surface area contributed by atoms with E-state index in [0.29, 0.717) is 34.2 Å². The molecular weight excluding hydrogens is 508 g/mol. The van der Waals surface area contributed by atoms with Gasteiger partial charge < -0.3 is 21.1 Å². The molecule has 0 saturated heterocycles. The smallest absolute Gasteiger partial charge is 0.319 e. The normalized spacial score (nSPS) is 12.7. The third kappa shape index (κ3) is 7.38. The highest BCUT2D eigenvalue weighted by molar-refractivity contribution is 6.33. The molecule has 0 radical (unpaired) electrons. The van der Waals surface area contributed by atoms with Gasteiger partial charge in [-0.1, -0.05) is 48.8 Å². The van der Waals surface area contributed by atoms with Crippen LogP contribution in [0.4, 0.5) is 20.6 Å². The number of hydrogen-bond donors (Lipinski definition) is 4. The number of nitrogens with one attached hydrogen (secondary N) is 3. The van der Waals surface area contributed by atoms with Crippen molar-refractivity contribution in [3.63, 3.8) is 0 Å². The van der Waals surface area contributed by atoms with E-state index in [1.807, 2.05) is 6.92 Å². The predicted octanol–water partition coefficient (Wildman–Crippen LogP) is 5.45. The molecule has 188 valence electrons. The number of aliphatic hydroxyl groups is 1. The number of amides is 2. The highest BCUT2D eigenvalue weighted by atomic mass is 35.5. The van der Waals surface area contributed by atoms with Crippen LogP contribution in [0.5, 0.6) is 0 Å². The van der Waals surface area contributed by atoms with Gasteiger partial charge in [-0.15, -0.1) is 0 Å². The third-order valence-corrected chi connectivity index (χ3v) is 5.33. The first-order valence-electron chi connectivity index (χ1n) is 10.8. The number of aliphatic imine (C=N–C) groups is 2. The molecule has 2 aromatic carbocycles. The molecule has 9 nitrogen and oxygen atoms in total. The van der Waals surface area contributed by atoms with Crippen LogP contribution in [-0.4, -0.2) is 39.3 Å². The summed E-state index contributed by atoms with van der Waals surface area (Å²) in [5.74, 6) is 0.177. The summed E-state index contributed by atoms with van der Waals surface area (Å²) in [7, 11) is 0. The molecular formula is C24H24Cl2FN7O2. The number of benzene rings is 2. The Morgan fingerprint density at radius 2 is 2.08 bits per heavy atom. The Hall–Kier alpha value is -3.73. The van der Waals surface area contributed by atoms with Crippen molar-refractivity contribution >= 4 is 52.4 Å². The van der Waals surface area contributed by atoms with E-state index in [1.54, 1.807) is 30.5 Å². The lowest BCUT2D eigenvalue weighted by Crippen LogP contribution is -2.34. The molecule has 0 aliphatic carbocycles. The average molecular weight is 532 g/mol. The molecule has 4 N–H and O–H groups in total. The highest BCUT2D eigenvalue weighted by Crippen LogP contribution is 2.23.